The fraction of sp³-hybridized carbons (Fsp3) is 0.667. The minimum atomic E-state index is 0.133. The quantitative estimate of drug-likeness (QED) is 0.726. The van der Waals surface area contributed by atoms with Crippen LogP contribution in [0.15, 0.2) is 12.3 Å². The Hall–Kier alpha value is -0.830. The zero-order chi connectivity index (χ0) is 9.19. The number of likely N-dealkylation sites (N-methyl/N-ethyl adjacent to an activating group) is 1. The molecule has 12 heavy (non-hydrogen) atoms. The Balaban J connectivity index is 2.63. The highest BCUT2D eigenvalue weighted by molar-refractivity contribution is 5.03. The highest BCUT2D eigenvalue weighted by Gasteiger charge is 2.16. The van der Waals surface area contributed by atoms with Crippen LogP contribution in [0.2, 0.25) is 0 Å². The van der Waals surface area contributed by atoms with Crippen LogP contribution in [-0.4, -0.2) is 22.4 Å². The maximum atomic E-state index is 4.32. The predicted molar refractivity (Wildman–Crippen MR) is 50.1 cm³/mol. The molecule has 0 saturated heterocycles. The molecular weight excluding hydrogens is 150 g/mol. The third kappa shape index (κ3) is 2.34. The normalized spacial score (nSPS) is 12.0. The Morgan fingerprint density at radius 2 is 2.25 bits per heavy atom. The number of hydrogen-bond donors (Lipinski definition) is 1. The smallest absolute Gasteiger partial charge is 0.0642 e. The van der Waals surface area contributed by atoms with Crippen LogP contribution >= 0.6 is 0 Å². The van der Waals surface area contributed by atoms with Gasteiger partial charge in [-0.2, -0.15) is 5.10 Å². The monoisotopic (exact) mass is 167 g/mol. The molecule has 0 aliphatic carbocycles. The van der Waals surface area contributed by atoms with Gasteiger partial charge in [-0.05, 0) is 27.0 Å². The maximum Gasteiger partial charge on any atom is 0.0642 e. The summed E-state index contributed by atoms with van der Waals surface area (Å²) in [5.74, 6) is 0. The number of hydrogen-bond acceptors (Lipinski definition) is 2. The lowest BCUT2D eigenvalue weighted by Crippen LogP contribution is -2.38. The van der Waals surface area contributed by atoms with Crippen molar-refractivity contribution in [2.75, 3.05) is 7.05 Å². The van der Waals surface area contributed by atoms with Gasteiger partial charge in [-0.3, -0.25) is 4.68 Å². The SMILES string of the molecule is CNC(C)(C)Cc1ccn(C)n1. The molecule has 3 nitrogen and oxygen atoms in total. The summed E-state index contributed by atoms with van der Waals surface area (Å²) in [5, 5.41) is 7.57. The minimum absolute atomic E-state index is 0.133. The van der Waals surface area contributed by atoms with Gasteiger partial charge in [-0.25, -0.2) is 0 Å². The van der Waals surface area contributed by atoms with E-state index in [4.69, 9.17) is 0 Å². The van der Waals surface area contributed by atoms with Crippen LogP contribution in [0.25, 0.3) is 0 Å². The van der Waals surface area contributed by atoms with Crippen molar-refractivity contribution in [2.24, 2.45) is 7.05 Å². The van der Waals surface area contributed by atoms with Crippen LogP contribution in [0.1, 0.15) is 19.5 Å². The summed E-state index contributed by atoms with van der Waals surface area (Å²) in [6, 6.07) is 2.05. The highest BCUT2D eigenvalue weighted by atomic mass is 15.2. The van der Waals surface area contributed by atoms with Crippen molar-refractivity contribution in [3.8, 4) is 0 Å². The molecule has 68 valence electrons. The van der Waals surface area contributed by atoms with Gasteiger partial charge in [0.15, 0.2) is 0 Å². The molecule has 0 aliphatic rings. The predicted octanol–water partition coefficient (Wildman–Crippen LogP) is 0.961. The fourth-order valence-electron chi connectivity index (χ4n) is 1.10. The second-order valence-electron chi connectivity index (χ2n) is 3.79. The average Bonchev–Trinajstić information content (AvgIpc) is 2.35. The van der Waals surface area contributed by atoms with Crippen molar-refractivity contribution in [3.63, 3.8) is 0 Å². The first-order valence-electron chi connectivity index (χ1n) is 4.21. The molecule has 1 N–H and O–H groups in total. The Bertz CT molecular complexity index is 250. The number of nitrogens with zero attached hydrogens (tertiary/aromatic N) is 2. The third-order valence-corrected chi connectivity index (χ3v) is 2.07. The van der Waals surface area contributed by atoms with Crippen LogP contribution in [0.5, 0.6) is 0 Å². The van der Waals surface area contributed by atoms with Crippen LogP contribution in [0, 0.1) is 0 Å². The fourth-order valence-corrected chi connectivity index (χ4v) is 1.10. The first-order valence-corrected chi connectivity index (χ1v) is 4.21. The van der Waals surface area contributed by atoms with E-state index in [9.17, 15) is 0 Å². The van der Waals surface area contributed by atoms with Crippen LogP contribution in [0.3, 0.4) is 0 Å². The lowest BCUT2D eigenvalue weighted by Gasteiger charge is -2.22. The number of rotatable bonds is 3. The van der Waals surface area contributed by atoms with E-state index in [1.165, 1.54) is 0 Å². The molecule has 3 heteroatoms. The topological polar surface area (TPSA) is 29.9 Å². The molecule has 0 saturated carbocycles. The Kier molecular flexibility index (Phi) is 2.52. The van der Waals surface area contributed by atoms with E-state index in [1.54, 1.807) is 0 Å². The second-order valence-corrected chi connectivity index (χ2v) is 3.79. The zero-order valence-corrected chi connectivity index (χ0v) is 8.26. The van der Waals surface area contributed by atoms with Crippen LogP contribution in [-0.2, 0) is 13.5 Å². The number of aryl methyl sites for hydroxylation is 1. The highest BCUT2D eigenvalue weighted by Crippen LogP contribution is 2.09. The van der Waals surface area contributed by atoms with E-state index in [0.29, 0.717) is 0 Å². The molecule has 0 bridgehead atoms. The summed E-state index contributed by atoms with van der Waals surface area (Å²) in [4.78, 5) is 0. The summed E-state index contributed by atoms with van der Waals surface area (Å²) in [5.41, 5.74) is 1.27. The molecule has 0 atom stereocenters. The second kappa shape index (κ2) is 3.27. The van der Waals surface area contributed by atoms with Crippen molar-refractivity contribution >= 4 is 0 Å². The molecule has 0 amide bonds. The van der Waals surface area contributed by atoms with E-state index < -0.39 is 0 Å². The molecular formula is C9H17N3. The van der Waals surface area contributed by atoms with Crippen molar-refractivity contribution < 1.29 is 0 Å². The molecule has 0 aliphatic heterocycles. The van der Waals surface area contributed by atoms with Crippen LogP contribution in [0.4, 0.5) is 0 Å². The van der Waals surface area contributed by atoms with Gasteiger partial charge in [-0.1, -0.05) is 0 Å². The lowest BCUT2D eigenvalue weighted by atomic mass is 9.99. The zero-order valence-electron chi connectivity index (χ0n) is 8.26. The van der Waals surface area contributed by atoms with Crippen molar-refractivity contribution in [1.82, 2.24) is 15.1 Å². The van der Waals surface area contributed by atoms with Crippen molar-refractivity contribution in [3.05, 3.63) is 18.0 Å². The molecule has 1 aromatic rings. The third-order valence-electron chi connectivity index (χ3n) is 2.07. The van der Waals surface area contributed by atoms with Gasteiger partial charge in [0.25, 0.3) is 0 Å². The van der Waals surface area contributed by atoms with Gasteiger partial charge in [0.05, 0.1) is 5.69 Å². The summed E-state index contributed by atoms with van der Waals surface area (Å²) in [6.45, 7) is 4.34. The maximum absolute atomic E-state index is 4.32. The average molecular weight is 167 g/mol. The first-order chi connectivity index (χ1) is 5.53. The van der Waals surface area contributed by atoms with E-state index in [-0.39, 0.29) is 5.54 Å². The number of nitrogens with one attached hydrogen (secondary N) is 1. The lowest BCUT2D eigenvalue weighted by molar-refractivity contribution is 0.416. The van der Waals surface area contributed by atoms with E-state index in [2.05, 4.69) is 30.3 Å². The first kappa shape index (κ1) is 9.26. The van der Waals surface area contributed by atoms with Gasteiger partial charge in [0, 0.05) is 25.2 Å². The minimum Gasteiger partial charge on any atom is -0.314 e. The summed E-state index contributed by atoms with van der Waals surface area (Å²) in [6.07, 6.45) is 2.94. The van der Waals surface area contributed by atoms with E-state index >= 15 is 0 Å². The van der Waals surface area contributed by atoms with Crippen molar-refractivity contribution in [2.45, 2.75) is 25.8 Å². The van der Waals surface area contributed by atoms with Gasteiger partial charge in [0.2, 0.25) is 0 Å². The molecule has 0 fully saturated rings. The molecule has 0 unspecified atom stereocenters. The molecule has 0 radical (unpaired) electrons. The Labute approximate surface area is 73.8 Å². The van der Waals surface area contributed by atoms with Crippen LogP contribution < -0.4 is 5.32 Å². The standard InChI is InChI=1S/C9H17N3/c1-9(2,10-3)7-8-5-6-12(4)11-8/h5-6,10H,7H2,1-4H3. The summed E-state index contributed by atoms with van der Waals surface area (Å²) in [7, 11) is 3.92. The van der Waals surface area contributed by atoms with E-state index in [0.717, 1.165) is 12.1 Å². The molecule has 1 rings (SSSR count). The molecule has 1 aromatic heterocycles. The summed E-state index contributed by atoms with van der Waals surface area (Å²) < 4.78 is 1.83. The van der Waals surface area contributed by atoms with Gasteiger partial charge in [-0.15, -0.1) is 0 Å². The molecule has 0 spiro atoms. The summed E-state index contributed by atoms with van der Waals surface area (Å²) >= 11 is 0. The van der Waals surface area contributed by atoms with Gasteiger partial charge in [0.1, 0.15) is 0 Å². The van der Waals surface area contributed by atoms with Crippen molar-refractivity contribution in [1.29, 1.82) is 0 Å². The molecule has 1 heterocycles. The number of aromatic nitrogens is 2. The Morgan fingerprint density at radius 1 is 1.58 bits per heavy atom. The van der Waals surface area contributed by atoms with Gasteiger partial charge < -0.3 is 5.32 Å². The molecule has 0 aromatic carbocycles. The largest absolute Gasteiger partial charge is 0.314 e. The Morgan fingerprint density at radius 3 is 2.67 bits per heavy atom. The van der Waals surface area contributed by atoms with Gasteiger partial charge >= 0.3 is 0 Å². The van der Waals surface area contributed by atoms with E-state index in [1.807, 2.05) is 25.0 Å².